The highest BCUT2D eigenvalue weighted by molar-refractivity contribution is 5.29. The summed E-state index contributed by atoms with van der Waals surface area (Å²) >= 11 is 0. The van der Waals surface area contributed by atoms with Crippen LogP contribution in [-0.2, 0) is 4.74 Å². The van der Waals surface area contributed by atoms with E-state index in [1.54, 1.807) is 0 Å². The highest BCUT2D eigenvalue weighted by atomic mass is 19.1. The molecule has 1 saturated heterocycles. The molecule has 1 aliphatic rings. The Hall–Kier alpha value is -1.16. The zero-order chi connectivity index (χ0) is 11.5. The molecule has 0 aromatic heterocycles. The van der Waals surface area contributed by atoms with Crippen LogP contribution in [0.15, 0.2) is 12.1 Å². The van der Waals surface area contributed by atoms with Crippen molar-refractivity contribution in [1.82, 2.24) is 0 Å². The van der Waals surface area contributed by atoms with Crippen LogP contribution in [0.2, 0.25) is 0 Å². The molecule has 1 fully saturated rings. The Morgan fingerprint density at radius 1 is 1.25 bits per heavy atom. The van der Waals surface area contributed by atoms with E-state index in [1.807, 2.05) is 0 Å². The molecule has 4 heteroatoms. The number of hydrogen-bond donors (Lipinski definition) is 0. The van der Waals surface area contributed by atoms with Crippen LogP contribution in [0.3, 0.4) is 0 Å². The average Bonchev–Trinajstić information content (AvgIpc) is 2.27. The summed E-state index contributed by atoms with van der Waals surface area (Å²) < 4.78 is 37.2. The Balaban J connectivity index is 2.09. The van der Waals surface area contributed by atoms with Crippen molar-refractivity contribution in [2.45, 2.75) is 32.5 Å². The van der Waals surface area contributed by atoms with Crippen LogP contribution >= 0.6 is 0 Å². The summed E-state index contributed by atoms with van der Waals surface area (Å²) in [5.74, 6) is -0.996. The highest BCUT2D eigenvalue weighted by Gasteiger charge is 2.16. The maximum Gasteiger partial charge on any atom is 0.199 e. The lowest BCUT2D eigenvalue weighted by atomic mass is 10.2. The number of benzene rings is 1. The van der Waals surface area contributed by atoms with Crippen molar-refractivity contribution in [1.29, 1.82) is 0 Å². The zero-order valence-corrected chi connectivity index (χ0v) is 9.13. The average molecular weight is 228 g/mol. The lowest BCUT2D eigenvalue weighted by molar-refractivity contribution is -0.106. The summed E-state index contributed by atoms with van der Waals surface area (Å²) in [5, 5.41) is 0. The third kappa shape index (κ3) is 2.50. The fourth-order valence-electron chi connectivity index (χ4n) is 1.65. The Labute approximate surface area is 93.2 Å². The molecule has 1 unspecified atom stereocenters. The third-order valence-electron chi connectivity index (χ3n) is 2.66. The molecular formula is C12H14F2O2. The number of halogens is 2. The van der Waals surface area contributed by atoms with E-state index in [1.165, 1.54) is 19.1 Å². The van der Waals surface area contributed by atoms with Crippen LogP contribution in [0.25, 0.3) is 0 Å². The normalized spacial score (nSPS) is 20.8. The summed E-state index contributed by atoms with van der Waals surface area (Å²) in [7, 11) is 0. The van der Waals surface area contributed by atoms with Gasteiger partial charge < -0.3 is 9.47 Å². The first-order valence-corrected chi connectivity index (χ1v) is 5.41. The Morgan fingerprint density at radius 2 is 1.94 bits per heavy atom. The first-order valence-electron chi connectivity index (χ1n) is 5.41. The molecule has 1 aliphatic heterocycles. The molecule has 0 aliphatic carbocycles. The van der Waals surface area contributed by atoms with Crippen LogP contribution in [0.4, 0.5) is 8.78 Å². The Kier molecular flexibility index (Phi) is 3.39. The fraction of sp³-hybridized carbons (Fsp3) is 0.500. The van der Waals surface area contributed by atoms with Gasteiger partial charge in [0, 0.05) is 24.1 Å². The molecule has 88 valence electrons. The molecule has 1 aromatic rings. The molecule has 16 heavy (non-hydrogen) atoms. The molecule has 0 N–H and O–H groups in total. The van der Waals surface area contributed by atoms with Crippen molar-refractivity contribution in [3.8, 4) is 5.75 Å². The van der Waals surface area contributed by atoms with Gasteiger partial charge in [-0.3, -0.25) is 0 Å². The Bertz CT molecular complexity index is 350. The van der Waals surface area contributed by atoms with Gasteiger partial charge in [0.2, 0.25) is 0 Å². The van der Waals surface area contributed by atoms with Crippen LogP contribution in [0, 0.1) is 18.6 Å². The first kappa shape index (κ1) is 11.3. The monoisotopic (exact) mass is 228 g/mol. The van der Waals surface area contributed by atoms with Gasteiger partial charge in [0.25, 0.3) is 0 Å². The van der Waals surface area contributed by atoms with Gasteiger partial charge in [-0.1, -0.05) is 0 Å². The summed E-state index contributed by atoms with van der Waals surface area (Å²) in [4.78, 5) is 0. The second-order valence-electron chi connectivity index (χ2n) is 3.93. The molecule has 0 radical (unpaired) electrons. The molecule has 0 amide bonds. The van der Waals surface area contributed by atoms with Crippen LogP contribution in [-0.4, -0.2) is 12.9 Å². The van der Waals surface area contributed by atoms with E-state index in [-0.39, 0.29) is 17.6 Å². The van der Waals surface area contributed by atoms with Gasteiger partial charge in [-0.05, 0) is 19.8 Å². The minimum atomic E-state index is -0.592. The number of hydrogen-bond acceptors (Lipinski definition) is 2. The predicted molar refractivity (Wildman–Crippen MR) is 55.3 cm³/mol. The van der Waals surface area contributed by atoms with E-state index in [0.29, 0.717) is 6.61 Å². The van der Waals surface area contributed by atoms with Gasteiger partial charge in [-0.25, -0.2) is 8.78 Å². The molecule has 0 saturated carbocycles. The van der Waals surface area contributed by atoms with Crippen molar-refractivity contribution >= 4 is 0 Å². The standard InChI is InChI=1S/C12H14F2O2/c1-8-10(13)6-9(7-11(8)14)16-12-4-2-3-5-15-12/h6-7,12H,2-5H2,1H3. The minimum absolute atomic E-state index is 0.0110. The van der Waals surface area contributed by atoms with Crippen LogP contribution in [0.1, 0.15) is 24.8 Å². The Morgan fingerprint density at radius 3 is 2.50 bits per heavy atom. The van der Waals surface area contributed by atoms with Crippen molar-refractivity contribution in [3.63, 3.8) is 0 Å². The molecule has 1 heterocycles. The molecular weight excluding hydrogens is 214 g/mol. The predicted octanol–water partition coefficient (Wildman–Crippen LogP) is 3.18. The van der Waals surface area contributed by atoms with Crippen molar-refractivity contribution in [2.24, 2.45) is 0 Å². The summed E-state index contributed by atoms with van der Waals surface area (Å²) in [6.07, 6.45) is 2.41. The van der Waals surface area contributed by atoms with Gasteiger partial charge in [0.05, 0.1) is 6.61 Å². The van der Waals surface area contributed by atoms with Gasteiger partial charge in [0.1, 0.15) is 17.4 Å². The lowest BCUT2D eigenvalue weighted by Gasteiger charge is -2.23. The van der Waals surface area contributed by atoms with Gasteiger partial charge in [-0.2, -0.15) is 0 Å². The second-order valence-corrected chi connectivity index (χ2v) is 3.93. The van der Waals surface area contributed by atoms with Crippen molar-refractivity contribution in [3.05, 3.63) is 29.3 Å². The molecule has 1 aromatic carbocycles. The number of rotatable bonds is 2. The van der Waals surface area contributed by atoms with E-state index in [2.05, 4.69) is 0 Å². The number of ether oxygens (including phenoxy) is 2. The van der Waals surface area contributed by atoms with Gasteiger partial charge >= 0.3 is 0 Å². The van der Waals surface area contributed by atoms with Crippen molar-refractivity contribution in [2.75, 3.05) is 6.61 Å². The fourth-order valence-corrected chi connectivity index (χ4v) is 1.65. The van der Waals surface area contributed by atoms with Gasteiger partial charge in [0.15, 0.2) is 6.29 Å². The van der Waals surface area contributed by atoms with E-state index in [4.69, 9.17) is 9.47 Å². The maximum atomic E-state index is 13.2. The van der Waals surface area contributed by atoms with Crippen molar-refractivity contribution < 1.29 is 18.3 Å². The second kappa shape index (κ2) is 4.78. The van der Waals surface area contributed by atoms with Crippen LogP contribution in [0.5, 0.6) is 5.75 Å². The third-order valence-corrected chi connectivity index (χ3v) is 2.66. The van der Waals surface area contributed by atoms with E-state index in [0.717, 1.165) is 19.3 Å². The molecule has 2 nitrogen and oxygen atoms in total. The van der Waals surface area contributed by atoms with Gasteiger partial charge in [-0.15, -0.1) is 0 Å². The SMILES string of the molecule is Cc1c(F)cc(OC2CCCCO2)cc1F. The van der Waals surface area contributed by atoms with E-state index >= 15 is 0 Å². The quantitative estimate of drug-likeness (QED) is 0.774. The first-order chi connectivity index (χ1) is 7.66. The molecule has 1 atom stereocenters. The molecule has 0 bridgehead atoms. The summed E-state index contributed by atoms with van der Waals surface area (Å²) in [5.41, 5.74) is 0.0110. The summed E-state index contributed by atoms with van der Waals surface area (Å²) in [6, 6.07) is 2.38. The lowest BCUT2D eigenvalue weighted by Crippen LogP contribution is -2.25. The smallest absolute Gasteiger partial charge is 0.199 e. The van der Waals surface area contributed by atoms with E-state index < -0.39 is 11.6 Å². The zero-order valence-electron chi connectivity index (χ0n) is 9.13. The van der Waals surface area contributed by atoms with Crippen LogP contribution < -0.4 is 4.74 Å². The van der Waals surface area contributed by atoms with E-state index in [9.17, 15) is 8.78 Å². The minimum Gasteiger partial charge on any atom is -0.465 e. The largest absolute Gasteiger partial charge is 0.465 e. The topological polar surface area (TPSA) is 18.5 Å². The molecule has 0 spiro atoms. The summed E-state index contributed by atoms with van der Waals surface area (Å²) in [6.45, 7) is 2.03. The molecule has 2 rings (SSSR count). The highest BCUT2D eigenvalue weighted by Crippen LogP contribution is 2.23. The maximum absolute atomic E-state index is 13.2.